The maximum absolute atomic E-state index is 12.9. The van der Waals surface area contributed by atoms with Gasteiger partial charge in [-0.2, -0.15) is 0 Å². The Balaban J connectivity index is 1.47. The minimum absolute atomic E-state index is 0.0507. The van der Waals surface area contributed by atoms with Crippen LogP contribution in [-0.4, -0.2) is 39.1 Å². The van der Waals surface area contributed by atoms with Gasteiger partial charge in [-0.1, -0.05) is 24.3 Å². The van der Waals surface area contributed by atoms with E-state index in [1.54, 1.807) is 13.3 Å². The number of carbonyl (C=O) groups excluding carboxylic acids is 1. The Labute approximate surface area is 234 Å². The molecule has 5 rings (SSSR count). The van der Waals surface area contributed by atoms with Crippen molar-refractivity contribution in [2.24, 2.45) is 0 Å². The standard InChI is InChI=1S/C31H33N5O2S/c1-20-9-7-10-23(17-20)33-28(37)14-16-35-30(29(34-31(35)39)27-13-5-6-15-32-27)26-18-21(2)36(22(26)3)24-11-8-12-25(19-24)38-4/h5-13,15,17-19,29-30H,14,16H2,1-4H3,(H,33,37)(H,34,39). The highest BCUT2D eigenvalue weighted by atomic mass is 32.1. The van der Waals surface area contributed by atoms with E-state index in [1.807, 2.05) is 67.6 Å². The van der Waals surface area contributed by atoms with Gasteiger partial charge in [0.2, 0.25) is 5.91 Å². The molecule has 2 aromatic heterocycles. The Morgan fingerprint density at radius 2 is 1.87 bits per heavy atom. The van der Waals surface area contributed by atoms with Gasteiger partial charge in [0.15, 0.2) is 5.11 Å². The van der Waals surface area contributed by atoms with Gasteiger partial charge in [-0.15, -0.1) is 0 Å². The highest BCUT2D eigenvalue weighted by Gasteiger charge is 2.41. The average molecular weight is 540 g/mol. The van der Waals surface area contributed by atoms with E-state index in [0.717, 1.165) is 45.3 Å². The van der Waals surface area contributed by atoms with Crippen LogP contribution in [0.15, 0.2) is 79.0 Å². The first kappa shape index (κ1) is 26.4. The summed E-state index contributed by atoms with van der Waals surface area (Å²) in [5.41, 5.74) is 7.18. The number of hydrogen-bond donors (Lipinski definition) is 2. The predicted octanol–water partition coefficient (Wildman–Crippen LogP) is 5.81. The van der Waals surface area contributed by atoms with Gasteiger partial charge < -0.3 is 24.8 Å². The summed E-state index contributed by atoms with van der Waals surface area (Å²) in [6.07, 6.45) is 2.10. The van der Waals surface area contributed by atoms with E-state index in [9.17, 15) is 4.79 Å². The number of rotatable bonds is 8. The molecule has 3 heterocycles. The van der Waals surface area contributed by atoms with Crippen molar-refractivity contribution in [2.45, 2.75) is 39.3 Å². The molecule has 1 saturated heterocycles. The summed E-state index contributed by atoms with van der Waals surface area (Å²) in [6, 6.07) is 23.7. The summed E-state index contributed by atoms with van der Waals surface area (Å²) < 4.78 is 7.71. The molecule has 1 aliphatic heterocycles. The van der Waals surface area contributed by atoms with Gasteiger partial charge in [0, 0.05) is 48.0 Å². The second kappa shape index (κ2) is 11.3. The summed E-state index contributed by atoms with van der Waals surface area (Å²) in [6.45, 7) is 6.71. The monoisotopic (exact) mass is 539 g/mol. The van der Waals surface area contributed by atoms with Crippen molar-refractivity contribution < 1.29 is 9.53 Å². The van der Waals surface area contributed by atoms with Crippen LogP contribution < -0.4 is 15.4 Å². The van der Waals surface area contributed by atoms with Crippen molar-refractivity contribution in [1.29, 1.82) is 0 Å². The Bertz CT molecular complexity index is 1500. The largest absolute Gasteiger partial charge is 0.497 e. The summed E-state index contributed by atoms with van der Waals surface area (Å²) in [5.74, 6) is 0.753. The number of aromatic nitrogens is 2. The fraction of sp³-hybridized carbons (Fsp3) is 0.258. The summed E-state index contributed by atoms with van der Waals surface area (Å²) in [5, 5.41) is 7.13. The van der Waals surface area contributed by atoms with Crippen LogP contribution in [0.25, 0.3) is 5.69 Å². The molecule has 0 aliphatic carbocycles. The van der Waals surface area contributed by atoms with E-state index in [1.165, 1.54) is 0 Å². The number of nitrogens with one attached hydrogen (secondary N) is 2. The van der Waals surface area contributed by atoms with Crippen LogP contribution in [0.3, 0.4) is 0 Å². The number of hydrogen-bond acceptors (Lipinski definition) is 4. The maximum Gasteiger partial charge on any atom is 0.226 e. The van der Waals surface area contributed by atoms with Crippen LogP contribution in [0.1, 0.15) is 46.7 Å². The molecule has 0 bridgehead atoms. The molecule has 8 heteroatoms. The molecule has 39 heavy (non-hydrogen) atoms. The molecule has 0 spiro atoms. The zero-order valence-corrected chi connectivity index (χ0v) is 23.5. The molecular weight excluding hydrogens is 506 g/mol. The van der Waals surface area contributed by atoms with E-state index in [4.69, 9.17) is 17.0 Å². The van der Waals surface area contributed by atoms with Gasteiger partial charge in [-0.05, 0) is 86.6 Å². The molecule has 1 fully saturated rings. The zero-order chi connectivity index (χ0) is 27.5. The van der Waals surface area contributed by atoms with Crippen LogP contribution in [0, 0.1) is 20.8 Å². The van der Waals surface area contributed by atoms with Crippen molar-refractivity contribution in [3.8, 4) is 11.4 Å². The van der Waals surface area contributed by atoms with Crippen molar-refractivity contribution in [3.05, 3.63) is 107 Å². The molecule has 2 N–H and O–H groups in total. The van der Waals surface area contributed by atoms with Crippen molar-refractivity contribution in [2.75, 3.05) is 19.0 Å². The fourth-order valence-corrected chi connectivity index (χ4v) is 5.72. The number of pyridine rings is 1. The number of thiocarbonyl (C=S) groups is 1. The normalized spacial score (nSPS) is 16.7. The molecule has 0 saturated carbocycles. The second-order valence-corrected chi connectivity index (χ2v) is 10.2. The third-order valence-corrected chi connectivity index (χ3v) is 7.53. The highest BCUT2D eigenvalue weighted by molar-refractivity contribution is 7.80. The number of ether oxygens (including phenoxy) is 1. The lowest BCUT2D eigenvalue weighted by Gasteiger charge is -2.28. The van der Waals surface area contributed by atoms with Gasteiger partial charge in [-0.3, -0.25) is 9.78 Å². The van der Waals surface area contributed by atoms with Gasteiger partial charge >= 0.3 is 0 Å². The predicted molar refractivity (Wildman–Crippen MR) is 158 cm³/mol. The smallest absolute Gasteiger partial charge is 0.226 e. The summed E-state index contributed by atoms with van der Waals surface area (Å²) >= 11 is 5.83. The Kier molecular flexibility index (Phi) is 7.65. The number of amides is 1. The number of nitrogens with zero attached hydrogens (tertiary/aromatic N) is 3. The Morgan fingerprint density at radius 3 is 2.62 bits per heavy atom. The number of methoxy groups -OCH3 is 1. The van der Waals surface area contributed by atoms with Crippen LogP contribution in [0.4, 0.5) is 5.69 Å². The molecular formula is C31H33N5O2S. The lowest BCUT2D eigenvalue weighted by molar-refractivity contribution is -0.116. The van der Waals surface area contributed by atoms with Crippen LogP contribution in [0.2, 0.25) is 0 Å². The molecule has 2 aromatic carbocycles. The lowest BCUT2D eigenvalue weighted by Crippen LogP contribution is -2.32. The van der Waals surface area contributed by atoms with E-state index >= 15 is 0 Å². The van der Waals surface area contributed by atoms with Gasteiger partial charge in [0.05, 0.1) is 24.9 Å². The number of aryl methyl sites for hydroxylation is 2. The lowest BCUT2D eigenvalue weighted by atomic mass is 9.96. The first-order chi connectivity index (χ1) is 18.9. The molecule has 7 nitrogen and oxygen atoms in total. The Hall–Kier alpha value is -4.17. The fourth-order valence-electron chi connectivity index (χ4n) is 5.39. The van der Waals surface area contributed by atoms with Gasteiger partial charge in [-0.25, -0.2) is 0 Å². The first-order valence-corrected chi connectivity index (χ1v) is 13.4. The van der Waals surface area contributed by atoms with Gasteiger partial charge in [0.1, 0.15) is 5.75 Å². The van der Waals surface area contributed by atoms with Crippen LogP contribution in [0.5, 0.6) is 5.75 Å². The van der Waals surface area contributed by atoms with E-state index in [2.05, 4.69) is 51.1 Å². The molecule has 1 amide bonds. The second-order valence-electron chi connectivity index (χ2n) is 9.85. The molecule has 1 aliphatic rings. The quantitative estimate of drug-likeness (QED) is 0.276. The average Bonchev–Trinajstić information content (AvgIpc) is 3.42. The zero-order valence-electron chi connectivity index (χ0n) is 22.6. The Morgan fingerprint density at radius 1 is 1.05 bits per heavy atom. The molecule has 2 unspecified atom stereocenters. The number of benzene rings is 2. The number of carbonyl (C=O) groups is 1. The van der Waals surface area contributed by atoms with Crippen LogP contribution >= 0.6 is 12.2 Å². The minimum Gasteiger partial charge on any atom is -0.497 e. The summed E-state index contributed by atoms with van der Waals surface area (Å²) in [4.78, 5) is 19.7. The molecule has 4 aromatic rings. The molecule has 2 atom stereocenters. The maximum atomic E-state index is 12.9. The van der Waals surface area contributed by atoms with E-state index in [0.29, 0.717) is 18.1 Å². The topological polar surface area (TPSA) is 71.4 Å². The SMILES string of the molecule is COc1cccc(-n2c(C)cc(C3C(c4ccccn4)NC(=S)N3CCC(=O)Nc3cccc(C)c3)c2C)c1. The minimum atomic E-state index is -0.155. The highest BCUT2D eigenvalue weighted by Crippen LogP contribution is 2.41. The van der Waals surface area contributed by atoms with Crippen molar-refractivity contribution in [1.82, 2.24) is 19.8 Å². The van der Waals surface area contributed by atoms with Crippen LogP contribution in [-0.2, 0) is 4.79 Å². The third-order valence-electron chi connectivity index (χ3n) is 7.18. The first-order valence-electron chi connectivity index (χ1n) is 13.0. The molecule has 200 valence electrons. The van der Waals surface area contributed by atoms with Gasteiger partial charge in [0.25, 0.3) is 0 Å². The summed E-state index contributed by atoms with van der Waals surface area (Å²) in [7, 11) is 1.68. The van der Waals surface area contributed by atoms with E-state index in [-0.39, 0.29) is 18.0 Å². The van der Waals surface area contributed by atoms with E-state index < -0.39 is 0 Å². The van der Waals surface area contributed by atoms with Crippen molar-refractivity contribution >= 4 is 28.9 Å². The third kappa shape index (κ3) is 5.52. The molecule has 0 radical (unpaired) electrons. The number of anilines is 1. The van der Waals surface area contributed by atoms with Crippen molar-refractivity contribution in [3.63, 3.8) is 0 Å².